The predicted molar refractivity (Wildman–Crippen MR) is 110 cm³/mol. The largest absolute Gasteiger partial charge is 0.469 e. The van der Waals surface area contributed by atoms with E-state index < -0.39 is 0 Å². The van der Waals surface area contributed by atoms with Crippen LogP contribution >= 0.6 is 0 Å². The fourth-order valence-electron chi connectivity index (χ4n) is 3.13. The summed E-state index contributed by atoms with van der Waals surface area (Å²) in [5.74, 6) is 0.727. The average Bonchev–Trinajstić information content (AvgIpc) is 2.75. The van der Waals surface area contributed by atoms with Gasteiger partial charge in [0.1, 0.15) is 11.5 Å². The predicted octanol–water partition coefficient (Wildman–Crippen LogP) is 4.19. The summed E-state index contributed by atoms with van der Waals surface area (Å²) in [6.07, 6.45) is 0.0756. The van der Waals surface area contributed by atoms with Gasteiger partial charge in [0.05, 0.1) is 13.5 Å². The molecule has 0 aliphatic rings. The van der Waals surface area contributed by atoms with Crippen molar-refractivity contribution in [1.82, 2.24) is 0 Å². The number of hydrogen-bond acceptors (Lipinski definition) is 6. The zero-order valence-corrected chi connectivity index (χ0v) is 16.8. The Balaban J connectivity index is 2.16. The highest BCUT2D eigenvalue weighted by Crippen LogP contribution is 2.39. The highest BCUT2D eigenvalue weighted by atomic mass is 16.7. The molecule has 3 aromatic rings. The normalized spacial score (nSPS) is 10.7. The van der Waals surface area contributed by atoms with Crippen LogP contribution in [0.4, 0.5) is 0 Å². The molecule has 0 atom stereocenters. The average molecular weight is 396 g/mol. The molecule has 6 heteroatoms. The third kappa shape index (κ3) is 5.04. The molecule has 3 rings (SSSR count). The first-order valence-corrected chi connectivity index (χ1v) is 9.12. The van der Waals surface area contributed by atoms with Gasteiger partial charge >= 0.3 is 5.97 Å². The highest BCUT2D eigenvalue weighted by Gasteiger charge is 2.18. The van der Waals surface area contributed by atoms with Crippen molar-refractivity contribution in [3.63, 3.8) is 0 Å². The lowest BCUT2D eigenvalue weighted by Crippen LogP contribution is -2.09. The molecule has 0 aromatic heterocycles. The van der Waals surface area contributed by atoms with Gasteiger partial charge in [-0.1, -0.05) is 36.4 Å². The molecule has 0 radical (unpaired) electrons. The smallest absolute Gasteiger partial charge is 0.310 e. The topological polar surface area (TPSA) is 63.2 Å². The molecule has 0 amide bonds. The number of carbonyl (C=O) groups excluding carboxylic acids is 1. The summed E-state index contributed by atoms with van der Waals surface area (Å²) in [4.78, 5) is 12.1. The van der Waals surface area contributed by atoms with Gasteiger partial charge in [0.2, 0.25) is 0 Å². The van der Waals surface area contributed by atoms with Crippen LogP contribution in [0.1, 0.15) is 5.56 Å². The summed E-state index contributed by atoms with van der Waals surface area (Å²) < 4.78 is 26.4. The van der Waals surface area contributed by atoms with Crippen LogP contribution in [0.15, 0.2) is 54.6 Å². The van der Waals surface area contributed by atoms with Crippen molar-refractivity contribution in [2.24, 2.45) is 0 Å². The summed E-state index contributed by atoms with van der Waals surface area (Å²) in [6, 6.07) is 17.8. The van der Waals surface area contributed by atoms with Gasteiger partial charge in [0, 0.05) is 25.8 Å². The Morgan fingerprint density at radius 3 is 2.28 bits per heavy atom. The number of hydrogen-bond donors (Lipinski definition) is 0. The monoisotopic (exact) mass is 396 g/mol. The number of esters is 1. The number of fused-ring (bicyclic) bond motifs is 1. The Kier molecular flexibility index (Phi) is 7.05. The fraction of sp³-hybridized carbons (Fsp3) is 0.261. The third-order valence-corrected chi connectivity index (χ3v) is 4.43. The Morgan fingerprint density at radius 1 is 0.828 bits per heavy atom. The Hall–Kier alpha value is -3.09. The summed E-state index contributed by atoms with van der Waals surface area (Å²) in [5.41, 5.74) is 2.45. The number of methoxy groups -OCH3 is 3. The maximum absolute atomic E-state index is 12.1. The SMILES string of the molecule is COCOc1cc(CC(=O)OC)c(-c2ccc3ccccc3c2)c(OCOC)c1. The molecule has 3 aromatic carbocycles. The molecule has 0 saturated carbocycles. The van der Waals surface area contributed by atoms with E-state index in [0.29, 0.717) is 11.5 Å². The van der Waals surface area contributed by atoms with E-state index in [0.717, 1.165) is 27.5 Å². The van der Waals surface area contributed by atoms with Gasteiger partial charge in [0.15, 0.2) is 13.6 Å². The number of ether oxygens (including phenoxy) is 5. The molecule has 0 bridgehead atoms. The molecule has 0 saturated heterocycles. The molecule has 0 heterocycles. The van der Waals surface area contributed by atoms with E-state index in [-0.39, 0.29) is 26.0 Å². The first-order valence-electron chi connectivity index (χ1n) is 9.12. The van der Waals surface area contributed by atoms with Crippen LogP contribution in [0.25, 0.3) is 21.9 Å². The molecule has 0 N–H and O–H groups in total. The second-order valence-electron chi connectivity index (χ2n) is 6.37. The lowest BCUT2D eigenvalue weighted by molar-refractivity contribution is -0.139. The van der Waals surface area contributed by atoms with E-state index in [9.17, 15) is 4.79 Å². The van der Waals surface area contributed by atoms with Crippen molar-refractivity contribution in [1.29, 1.82) is 0 Å². The van der Waals surface area contributed by atoms with E-state index in [4.69, 9.17) is 23.7 Å². The van der Waals surface area contributed by atoms with Crippen molar-refractivity contribution >= 4 is 16.7 Å². The second-order valence-corrected chi connectivity index (χ2v) is 6.37. The van der Waals surface area contributed by atoms with Crippen LogP contribution in [0.2, 0.25) is 0 Å². The number of rotatable bonds is 9. The summed E-state index contributed by atoms with van der Waals surface area (Å²) in [5, 5.41) is 2.22. The van der Waals surface area contributed by atoms with Crippen molar-refractivity contribution in [2.75, 3.05) is 34.9 Å². The minimum absolute atomic E-state index is 0.0615. The van der Waals surface area contributed by atoms with Gasteiger partial charge in [-0.2, -0.15) is 0 Å². The standard InChI is InChI=1S/C23H24O6/c1-25-14-28-20-11-19(12-22(24)27-3)23(21(13-20)29-15-26-2)18-9-8-16-6-4-5-7-17(16)10-18/h4-11,13H,12,14-15H2,1-3H3. The maximum Gasteiger partial charge on any atom is 0.310 e. The van der Waals surface area contributed by atoms with Crippen molar-refractivity contribution < 1.29 is 28.5 Å². The Labute approximate surface area is 169 Å². The molecule has 6 nitrogen and oxygen atoms in total. The van der Waals surface area contributed by atoms with Gasteiger partial charge in [0.25, 0.3) is 0 Å². The van der Waals surface area contributed by atoms with Crippen LogP contribution in [0.5, 0.6) is 11.5 Å². The van der Waals surface area contributed by atoms with E-state index in [1.807, 2.05) is 30.3 Å². The molecule has 0 aliphatic carbocycles. The Morgan fingerprint density at radius 2 is 1.55 bits per heavy atom. The highest BCUT2D eigenvalue weighted by molar-refractivity contribution is 5.90. The molecule has 0 aliphatic heterocycles. The summed E-state index contributed by atoms with van der Waals surface area (Å²) in [7, 11) is 4.46. The van der Waals surface area contributed by atoms with Gasteiger partial charge < -0.3 is 23.7 Å². The minimum atomic E-state index is -0.353. The molecular weight excluding hydrogens is 372 g/mol. The number of benzene rings is 3. The van der Waals surface area contributed by atoms with E-state index in [2.05, 4.69) is 12.1 Å². The van der Waals surface area contributed by atoms with Crippen LogP contribution < -0.4 is 9.47 Å². The van der Waals surface area contributed by atoms with Crippen molar-refractivity contribution in [3.05, 3.63) is 60.2 Å². The van der Waals surface area contributed by atoms with Crippen LogP contribution in [0.3, 0.4) is 0 Å². The second kappa shape index (κ2) is 9.91. The lowest BCUT2D eigenvalue weighted by atomic mass is 9.94. The van der Waals surface area contributed by atoms with E-state index in [1.54, 1.807) is 26.4 Å². The van der Waals surface area contributed by atoms with Crippen molar-refractivity contribution in [2.45, 2.75) is 6.42 Å². The first-order chi connectivity index (χ1) is 14.2. The van der Waals surface area contributed by atoms with Gasteiger partial charge in [-0.25, -0.2) is 0 Å². The van der Waals surface area contributed by atoms with Crippen LogP contribution in [-0.4, -0.2) is 40.9 Å². The third-order valence-electron chi connectivity index (χ3n) is 4.43. The van der Waals surface area contributed by atoms with Gasteiger partial charge in [-0.05, 0) is 34.0 Å². The maximum atomic E-state index is 12.1. The fourth-order valence-corrected chi connectivity index (χ4v) is 3.13. The Bertz CT molecular complexity index is 982. The minimum Gasteiger partial charge on any atom is -0.469 e. The van der Waals surface area contributed by atoms with Crippen LogP contribution in [0, 0.1) is 0 Å². The zero-order valence-electron chi connectivity index (χ0n) is 16.8. The summed E-state index contributed by atoms with van der Waals surface area (Å²) >= 11 is 0. The van der Waals surface area contributed by atoms with Crippen molar-refractivity contribution in [3.8, 4) is 22.6 Å². The molecule has 0 spiro atoms. The van der Waals surface area contributed by atoms with Gasteiger partial charge in [-0.3, -0.25) is 4.79 Å². The molecule has 0 unspecified atom stereocenters. The quantitative estimate of drug-likeness (QED) is 0.399. The molecule has 152 valence electrons. The van der Waals surface area contributed by atoms with E-state index >= 15 is 0 Å². The van der Waals surface area contributed by atoms with Gasteiger partial charge in [-0.15, -0.1) is 0 Å². The van der Waals surface area contributed by atoms with E-state index in [1.165, 1.54) is 7.11 Å². The van der Waals surface area contributed by atoms with Crippen LogP contribution in [-0.2, 0) is 25.4 Å². The molecule has 29 heavy (non-hydrogen) atoms. The number of carbonyl (C=O) groups is 1. The first kappa shape index (κ1) is 20.6. The summed E-state index contributed by atoms with van der Waals surface area (Å²) in [6.45, 7) is 0.142. The lowest BCUT2D eigenvalue weighted by Gasteiger charge is -2.18. The molecule has 0 fully saturated rings. The zero-order chi connectivity index (χ0) is 20.6. The molecular formula is C23H24O6.